The van der Waals surface area contributed by atoms with E-state index in [1.165, 1.54) is 4.90 Å². The van der Waals surface area contributed by atoms with Gasteiger partial charge in [-0.1, -0.05) is 30.0 Å². The highest BCUT2D eigenvalue weighted by atomic mass is 32.2. The van der Waals surface area contributed by atoms with Gasteiger partial charge in [0.05, 0.1) is 5.75 Å². The monoisotopic (exact) mass is 178 g/mol. The Morgan fingerprint density at radius 3 is 2.58 bits per heavy atom. The third kappa shape index (κ3) is 3.47. The van der Waals surface area contributed by atoms with Crippen molar-refractivity contribution in [1.29, 1.82) is 0 Å². The first-order valence-electron chi connectivity index (χ1n) is 3.68. The summed E-state index contributed by atoms with van der Waals surface area (Å²) < 4.78 is 0. The summed E-state index contributed by atoms with van der Waals surface area (Å²) in [5.41, 5.74) is 0. The normalized spacial score (nSPS) is 8.75. The Kier molecular flexibility index (Phi) is 4.36. The maximum Gasteiger partial charge on any atom is 0.104 e. The first-order valence-corrected chi connectivity index (χ1v) is 4.66. The molecule has 1 aromatic carbocycles. The lowest BCUT2D eigenvalue weighted by atomic mass is 10.4. The average molecular weight is 178 g/mol. The lowest BCUT2D eigenvalue weighted by Gasteiger charge is -1.93. The molecule has 1 nitrogen and oxygen atoms in total. The van der Waals surface area contributed by atoms with E-state index >= 15 is 0 Å². The standard InChI is InChI=1S/C10H10OS/c11-8-4-5-9-12-10-6-2-1-3-7-10/h1-3,6-7,11H,8-9H2. The summed E-state index contributed by atoms with van der Waals surface area (Å²) in [5, 5.41) is 8.38. The molecule has 0 unspecified atom stereocenters. The molecule has 0 saturated heterocycles. The number of benzene rings is 1. The first-order chi connectivity index (χ1) is 5.93. The molecule has 0 aromatic heterocycles. The summed E-state index contributed by atoms with van der Waals surface area (Å²) in [4.78, 5) is 1.21. The number of aliphatic hydroxyl groups is 1. The van der Waals surface area contributed by atoms with Crippen LogP contribution in [0.5, 0.6) is 0 Å². The fourth-order valence-electron chi connectivity index (χ4n) is 0.743. The molecular weight excluding hydrogens is 168 g/mol. The van der Waals surface area contributed by atoms with E-state index < -0.39 is 0 Å². The van der Waals surface area contributed by atoms with Crippen LogP contribution in [0.1, 0.15) is 0 Å². The topological polar surface area (TPSA) is 20.2 Å². The summed E-state index contributed by atoms with van der Waals surface area (Å²) in [6.07, 6.45) is 0. The van der Waals surface area contributed by atoms with Crippen molar-refractivity contribution in [1.82, 2.24) is 0 Å². The quantitative estimate of drug-likeness (QED) is 0.550. The molecule has 0 radical (unpaired) electrons. The van der Waals surface area contributed by atoms with Crippen LogP contribution in [0.2, 0.25) is 0 Å². The maximum absolute atomic E-state index is 8.38. The number of hydrogen-bond acceptors (Lipinski definition) is 2. The summed E-state index contributed by atoms with van der Waals surface area (Å²) in [6, 6.07) is 10.1. The molecule has 1 rings (SSSR count). The molecule has 2 heteroatoms. The van der Waals surface area contributed by atoms with Crippen LogP contribution in [0.25, 0.3) is 0 Å². The third-order valence-corrected chi connectivity index (χ3v) is 2.15. The Bertz CT molecular complexity index is 271. The SMILES string of the molecule is OCC#CCSc1ccccc1. The number of rotatable bonds is 2. The number of aliphatic hydroxyl groups excluding tert-OH is 1. The van der Waals surface area contributed by atoms with Crippen LogP contribution >= 0.6 is 11.8 Å². The largest absolute Gasteiger partial charge is 0.384 e. The molecule has 0 bridgehead atoms. The molecule has 0 aliphatic carbocycles. The molecule has 0 spiro atoms. The lowest BCUT2D eigenvalue weighted by molar-refractivity contribution is 0.350. The van der Waals surface area contributed by atoms with Gasteiger partial charge in [-0.2, -0.15) is 0 Å². The zero-order valence-corrected chi connectivity index (χ0v) is 7.47. The molecule has 0 fully saturated rings. The van der Waals surface area contributed by atoms with Crippen LogP contribution < -0.4 is 0 Å². The smallest absolute Gasteiger partial charge is 0.104 e. The van der Waals surface area contributed by atoms with Crippen LogP contribution in [-0.2, 0) is 0 Å². The molecule has 1 aromatic rings. The highest BCUT2D eigenvalue weighted by Gasteiger charge is 1.87. The van der Waals surface area contributed by atoms with Gasteiger partial charge in [-0.3, -0.25) is 0 Å². The van der Waals surface area contributed by atoms with Crippen LogP contribution in [0, 0.1) is 11.8 Å². The Morgan fingerprint density at radius 1 is 1.17 bits per heavy atom. The van der Waals surface area contributed by atoms with Crippen molar-refractivity contribution in [2.75, 3.05) is 12.4 Å². The van der Waals surface area contributed by atoms with E-state index in [1.54, 1.807) is 11.8 Å². The minimum absolute atomic E-state index is 0.0463. The number of hydrogen-bond donors (Lipinski definition) is 1. The van der Waals surface area contributed by atoms with E-state index in [4.69, 9.17) is 5.11 Å². The van der Waals surface area contributed by atoms with E-state index in [0.717, 1.165) is 5.75 Å². The Hall–Kier alpha value is -0.910. The van der Waals surface area contributed by atoms with Gasteiger partial charge in [0.25, 0.3) is 0 Å². The maximum atomic E-state index is 8.38. The Balaban J connectivity index is 2.34. The van der Waals surface area contributed by atoms with Gasteiger partial charge in [0.2, 0.25) is 0 Å². The minimum atomic E-state index is -0.0463. The van der Waals surface area contributed by atoms with Crippen molar-refractivity contribution >= 4 is 11.8 Å². The second-order valence-electron chi connectivity index (χ2n) is 2.11. The summed E-state index contributed by atoms with van der Waals surface area (Å²) in [7, 11) is 0. The van der Waals surface area contributed by atoms with Gasteiger partial charge >= 0.3 is 0 Å². The van der Waals surface area contributed by atoms with Crippen molar-refractivity contribution in [2.45, 2.75) is 4.90 Å². The van der Waals surface area contributed by atoms with Gasteiger partial charge in [-0.05, 0) is 12.1 Å². The van der Waals surface area contributed by atoms with Crippen molar-refractivity contribution in [3.8, 4) is 11.8 Å². The van der Waals surface area contributed by atoms with Crippen LogP contribution in [0.4, 0.5) is 0 Å². The van der Waals surface area contributed by atoms with Crippen LogP contribution in [0.3, 0.4) is 0 Å². The predicted octanol–water partition coefficient (Wildman–Crippen LogP) is 1.77. The van der Waals surface area contributed by atoms with Crippen molar-refractivity contribution < 1.29 is 5.11 Å². The second kappa shape index (κ2) is 5.70. The van der Waals surface area contributed by atoms with E-state index in [2.05, 4.69) is 11.8 Å². The van der Waals surface area contributed by atoms with E-state index in [-0.39, 0.29) is 6.61 Å². The van der Waals surface area contributed by atoms with Gasteiger partial charge in [0.1, 0.15) is 6.61 Å². The predicted molar refractivity (Wildman–Crippen MR) is 52.0 cm³/mol. The highest BCUT2D eigenvalue weighted by Crippen LogP contribution is 2.15. The lowest BCUT2D eigenvalue weighted by Crippen LogP contribution is -1.76. The van der Waals surface area contributed by atoms with E-state index in [9.17, 15) is 0 Å². The Labute approximate surface area is 76.8 Å². The number of thioether (sulfide) groups is 1. The Morgan fingerprint density at radius 2 is 1.92 bits per heavy atom. The van der Waals surface area contributed by atoms with Crippen LogP contribution in [-0.4, -0.2) is 17.5 Å². The molecule has 0 heterocycles. The second-order valence-corrected chi connectivity index (χ2v) is 3.16. The molecule has 0 aliphatic heterocycles. The first kappa shape index (κ1) is 9.18. The summed E-state index contributed by atoms with van der Waals surface area (Å²) in [6.45, 7) is -0.0463. The van der Waals surface area contributed by atoms with Gasteiger partial charge in [0, 0.05) is 4.90 Å². The van der Waals surface area contributed by atoms with E-state index in [1.807, 2.05) is 30.3 Å². The fraction of sp³-hybridized carbons (Fsp3) is 0.200. The zero-order chi connectivity index (χ0) is 8.65. The molecule has 62 valence electrons. The highest BCUT2D eigenvalue weighted by molar-refractivity contribution is 7.99. The summed E-state index contributed by atoms with van der Waals surface area (Å²) in [5.74, 6) is 6.19. The molecule has 0 saturated carbocycles. The van der Waals surface area contributed by atoms with Gasteiger partial charge < -0.3 is 5.11 Å². The molecule has 0 aliphatic rings. The van der Waals surface area contributed by atoms with Crippen molar-refractivity contribution in [3.63, 3.8) is 0 Å². The third-order valence-electron chi connectivity index (χ3n) is 1.26. The van der Waals surface area contributed by atoms with Gasteiger partial charge in [0.15, 0.2) is 0 Å². The van der Waals surface area contributed by atoms with Crippen molar-refractivity contribution in [3.05, 3.63) is 30.3 Å². The minimum Gasteiger partial charge on any atom is -0.384 e. The summed E-state index contributed by atoms with van der Waals surface area (Å²) >= 11 is 1.68. The van der Waals surface area contributed by atoms with Gasteiger partial charge in [-0.15, -0.1) is 11.8 Å². The van der Waals surface area contributed by atoms with Crippen LogP contribution in [0.15, 0.2) is 35.2 Å². The molecule has 0 amide bonds. The fourth-order valence-corrected chi connectivity index (χ4v) is 1.43. The molecule has 12 heavy (non-hydrogen) atoms. The molecule has 1 N–H and O–H groups in total. The molecular formula is C10H10OS. The van der Waals surface area contributed by atoms with Crippen molar-refractivity contribution in [2.24, 2.45) is 0 Å². The zero-order valence-electron chi connectivity index (χ0n) is 6.66. The van der Waals surface area contributed by atoms with Gasteiger partial charge in [-0.25, -0.2) is 0 Å². The van der Waals surface area contributed by atoms with E-state index in [0.29, 0.717) is 0 Å². The average Bonchev–Trinajstić information content (AvgIpc) is 2.14. The molecule has 0 atom stereocenters.